The third-order valence-corrected chi connectivity index (χ3v) is 4.87. The predicted molar refractivity (Wildman–Crippen MR) is 112 cm³/mol. The standard InChI is InChI=1S/C17H14Cl3N5S/c1-10-2-4-12(7-14(10)19)22-17(26)23-16-21-9-25(24-16)8-11-3-5-13(18)15(20)6-11/h2-7,9H,8H2,1H3,(H2,22,23,24,26). The predicted octanol–water partition coefficient (Wildman–Crippen LogP) is 5.40. The van der Waals surface area contributed by atoms with E-state index in [1.165, 1.54) is 0 Å². The van der Waals surface area contributed by atoms with Crippen LogP contribution in [-0.2, 0) is 6.54 Å². The summed E-state index contributed by atoms with van der Waals surface area (Å²) in [6.07, 6.45) is 1.61. The van der Waals surface area contributed by atoms with Crippen LogP contribution in [0.5, 0.6) is 0 Å². The van der Waals surface area contributed by atoms with Crippen LogP contribution >= 0.6 is 47.0 Å². The number of hydrogen-bond donors (Lipinski definition) is 2. The van der Waals surface area contributed by atoms with Crippen molar-refractivity contribution in [3.05, 3.63) is 68.9 Å². The van der Waals surface area contributed by atoms with Gasteiger partial charge in [-0.25, -0.2) is 9.67 Å². The van der Waals surface area contributed by atoms with Crippen molar-refractivity contribution in [2.45, 2.75) is 13.5 Å². The molecule has 0 bridgehead atoms. The van der Waals surface area contributed by atoms with Gasteiger partial charge in [0.1, 0.15) is 6.33 Å². The zero-order chi connectivity index (χ0) is 18.7. The van der Waals surface area contributed by atoms with Crippen LogP contribution in [0.15, 0.2) is 42.7 Å². The first-order valence-corrected chi connectivity index (χ1v) is 9.12. The topological polar surface area (TPSA) is 54.8 Å². The molecule has 1 aromatic heterocycles. The summed E-state index contributed by atoms with van der Waals surface area (Å²) in [6.45, 7) is 2.45. The Hall–Kier alpha value is -1.86. The van der Waals surface area contributed by atoms with Crippen LogP contribution in [0.25, 0.3) is 0 Å². The molecule has 0 unspecified atom stereocenters. The highest BCUT2D eigenvalue weighted by molar-refractivity contribution is 7.80. The fourth-order valence-electron chi connectivity index (χ4n) is 2.19. The molecular weight excluding hydrogens is 413 g/mol. The molecule has 134 valence electrons. The smallest absolute Gasteiger partial charge is 0.248 e. The lowest BCUT2D eigenvalue weighted by atomic mass is 10.2. The van der Waals surface area contributed by atoms with Crippen molar-refractivity contribution in [3.63, 3.8) is 0 Å². The van der Waals surface area contributed by atoms with Gasteiger partial charge in [0.2, 0.25) is 5.95 Å². The number of aromatic nitrogens is 3. The highest BCUT2D eigenvalue weighted by atomic mass is 35.5. The quantitative estimate of drug-likeness (QED) is 0.547. The Morgan fingerprint density at radius 1 is 1.04 bits per heavy atom. The monoisotopic (exact) mass is 425 g/mol. The van der Waals surface area contributed by atoms with Gasteiger partial charge in [-0.05, 0) is 54.5 Å². The van der Waals surface area contributed by atoms with E-state index >= 15 is 0 Å². The summed E-state index contributed by atoms with van der Waals surface area (Å²) in [6, 6.07) is 11.0. The summed E-state index contributed by atoms with van der Waals surface area (Å²) < 4.78 is 1.67. The summed E-state index contributed by atoms with van der Waals surface area (Å²) in [5.41, 5.74) is 2.75. The van der Waals surface area contributed by atoms with E-state index in [1.54, 1.807) is 29.2 Å². The van der Waals surface area contributed by atoms with Crippen LogP contribution in [0.1, 0.15) is 11.1 Å². The van der Waals surface area contributed by atoms with E-state index in [0.717, 1.165) is 16.8 Å². The summed E-state index contributed by atoms with van der Waals surface area (Å²) >= 11 is 23.3. The van der Waals surface area contributed by atoms with Crippen molar-refractivity contribution in [1.29, 1.82) is 0 Å². The minimum Gasteiger partial charge on any atom is -0.332 e. The maximum atomic E-state index is 6.11. The van der Waals surface area contributed by atoms with E-state index in [1.807, 2.05) is 25.1 Å². The molecule has 0 spiro atoms. The van der Waals surface area contributed by atoms with Crippen LogP contribution in [0.3, 0.4) is 0 Å². The van der Waals surface area contributed by atoms with E-state index in [4.69, 9.17) is 47.0 Å². The van der Waals surface area contributed by atoms with Crippen molar-refractivity contribution in [3.8, 4) is 0 Å². The third kappa shape index (κ3) is 4.86. The van der Waals surface area contributed by atoms with Gasteiger partial charge in [-0.3, -0.25) is 5.32 Å². The van der Waals surface area contributed by atoms with E-state index in [-0.39, 0.29) is 0 Å². The van der Waals surface area contributed by atoms with Gasteiger partial charge in [-0.2, -0.15) is 0 Å². The van der Waals surface area contributed by atoms with Gasteiger partial charge < -0.3 is 5.32 Å². The molecule has 0 aliphatic carbocycles. The molecule has 0 aliphatic heterocycles. The lowest BCUT2D eigenvalue weighted by Gasteiger charge is -2.09. The highest BCUT2D eigenvalue weighted by Gasteiger charge is 2.06. The third-order valence-electron chi connectivity index (χ3n) is 3.52. The highest BCUT2D eigenvalue weighted by Crippen LogP contribution is 2.23. The first kappa shape index (κ1) is 18.9. The van der Waals surface area contributed by atoms with Gasteiger partial charge in [0.25, 0.3) is 0 Å². The molecule has 26 heavy (non-hydrogen) atoms. The lowest BCUT2D eigenvalue weighted by Crippen LogP contribution is -2.20. The summed E-state index contributed by atoms with van der Waals surface area (Å²) in [7, 11) is 0. The fourth-order valence-corrected chi connectivity index (χ4v) is 2.90. The first-order valence-electron chi connectivity index (χ1n) is 7.58. The van der Waals surface area contributed by atoms with Crippen molar-refractivity contribution >= 4 is 63.8 Å². The molecule has 0 radical (unpaired) electrons. The Labute approximate surface area is 171 Å². The number of anilines is 2. The molecule has 2 N–H and O–H groups in total. The van der Waals surface area contributed by atoms with E-state index in [0.29, 0.717) is 32.7 Å². The van der Waals surface area contributed by atoms with Crippen LogP contribution in [0.2, 0.25) is 15.1 Å². The van der Waals surface area contributed by atoms with Crippen LogP contribution in [-0.4, -0.2) is 19.9 Å². The number of benzene rings is 2. The molecule has 5 nitrogen and oxygen atoms in total. The second kappa shape index (κ2) is 8.22. The van der Waals surface area contributed by atoms with Crippen molar-refractivity contribution in [1.82, 2.24) is 14.8 Å². The van der Waals surface area contributed by atoms with E-state index < -0.39 is 0 Å². The Morgan fingerprint density at radius 2 is 1.85 bits per heavy atom. The van der Waals surface area contributed by atoms with Gasteiger partial charge >= 0.3 is 0 Å². The normalized spacial score (nSPS) is 10.6. The molecule has 1 heterocycles. The molecule has 0 atom stereocenters. The second-order valence-electron chi connectivity index (χ2n) is 5.56. The molecule has 3 aromatic rings. The maximum Gasteiger partial charge on any atom is 0.248 e. The van der Waals surface area contributed by atoms with Gasteiger partial charge in [-0.15, -0.1) is 5.10 Å². The average Bonchev–Trinajstić information content (AvgIpc) is 3.01. The Kier molecular flexibility index (Phi) is 5.98. The molecule has 2 aromatic carbocycles. The van der Waals surface area contributed by atoms with Gasteiger partial charge in [0.05, 0.1) is 16.6 Å². The van der Waals surface area contributed by atoms with Gasteiger partial charge in [0.15, 0.2) is 5.11 Å². The number of thiocarbonyl (C=S) groups is 1. The largest absolute Gasteiger partial charge is 0.332 e. The molecule has 0 saturated heterocycles. The van der Waals surface area contributed by atoms with Crippen LogP contribution in [0.4, 0.5) is 11.6 Å². The summed E-state index contributed by atoms with van der Waals surface area (Å²) in [5.74, 6) is 0.390. The first-order chi connectivity index (χ1) is 12.4. The number of aryl methyl sites for hydroxylation is 1. The van der Waals surface area contributed by atoms with Crippen molar-refractivity contribution in [2.75, 3.05) is 10.6 Å². The Balaban J connectivity index is 1.61. The molecule has 3 rings (SSSR count). The van der Waals surface area contributed by atoms with Crippen LogP contribution < -0.4 is 10.6 Å². The number of nitrogens with zero attached hydrogens (tertiary/aromatic N) is 3. The SMILES string of the molecule is Cc1ccc(NC(=S)Nc2ncn(Cc3ccc(Cl)c(Cl)c3)n2)cc1Cl. The van der Waals surface area contributed by atoms with Crippen molar-refractivity contribution in [2.24, 2.45) is 0 Å². The minimum atomic E-state index is 0.372. The molecule has 0 saturated carbocycles. The zero-order valence-corrected chi connectivity index (χ0v) is 16.7. The average molecular weight is 427 g/mol. The molecule has 0 amide bonds. The minimum absolute atomic E-state index is 0.372. The van der Waals surface area contributed by atoms with Gasteiger partial charge in [-0.1, -0.05) is 46.9 Å². The number of rotatable bonds is 4. The number of halogens is 3. The van der Waals surface area contributed by atoms with Crippen molar-refractivity contribution < 1.29 is 0 Å². The molecule has 9 heteroatoms. The Bertz CT molecular complexity index is 957. The maximum absolute atomic E-state index is 6.11. The van der Waals surface area contributed by atoms with Gasteiger partial charge in [0, 0.05) is 10.7 Å². The molecule has 0 fully saturated rings. The Morgan fingerprint density at radius 3 is 2.58 bits per heavy atom. The summed E-state index contributed by atoms with van der Waals surface area (Å²) in [5, 5.41) is 12.4. The molecule has 0 aliphatic rings. The second-order valence-corrected chi connectivity index (χ2v) is 7.19. The fraction of sp³-hybridized carbons (Fsp3) is 0.118. The van der Waals surface area contributed by atoms with E-state index in [9.17, 15) is 0 Å². The number of hydrogen-bond acceptors (Lipinski definition) is 3. The lowest BCUT2D eigenvalue weighted by molar-refractivity contribution is 0.687. The van der Waals surface area contributed by atoms with E-state index in [2.05, 4.69) is 20.7 Å². The number of nitrogens with one attached hydrogen (secondary N) is 2. The van der Waals surface area contributed by atoms with Crippen LogP contribution in [0, 0.1) is 6.92 Å². The zero-order valence-electron chi connectivity index (χ0n) is 13.6. The molecular formula is C17H14Cl3N5S. The summed E-state index contributed by atoms with van der Waals surface area (Å²) in [4.78, 5) is 4.19.